The minimum Gasteiger partial charge on any atom is -0.476 e. The molecule has 2 aromatic rings. The van der Waals surface area contributed by atoms with Gasteiger partial charge in [-0.05, 0) is 37.5 Å². The van der Waals surface area contributed by atoms with Gasteiger partial charge in [0.1, 0.15) is 6.04 Å². The van der Waals surface area contributed by atoms with Crippen LogP contribution in [-0.4, -0.2) is 43.1 Å². The molecule has 1 atom stereocenters. The van der Waals surface area contributed by atoms with E-state index in [1.807, 2.05) is 26.0 Å². The molecule has 1 amide bonds. The Morgan fingerprint density at radius 3 is 2.44 bits per heavy atom. The van der Waals surface area contributed by atoms with Gasteiger partial charge in [0.05, 0.1) is 0 Å². The van der Waals surface area contributed by atoms with Crippen LogP contribution in [0.4, 0.5) is 5.69 Å². The Hall–Kier alpha value is -3.23. The highest BCUT2D eigenvalue weighted by Crippen LogP contribution is 2.21. The molecule has 0 aliphatic heterocycles. The van der Waals surface area contributed by atoms with Gasteiger partial charge < -0.3 is 15.5 Å². The number of carboxylic acid groups (broad SMARTS) is 2. The van der Waals surface area contributed by atoms with Gasteiger partial charge in [-0.25, -0.2) is 14.3 Å². The number of nitrogens with one attached hydrogen (secondary N) is 1. The summed E-state index contributed by atoms with van der Waals surface area (Å²) in [5.74, 6) is -3.53. The number of benzene rings is 1. The number of rotatable bonds is 6. The molecule has 0 aliphatic carbocycles. The minimum atomic E-state index is -1.52. The maximum atomic E-state index is 12.6. The fourth-order valence-corrected chi connectivity index (χ4v) is 2.41. The molecule has 0 saturated heterocycles. The molecule has 1 aromatic carbocycles. The second kappa shape index (κ2) is 7.12. The largest absolute Gasteiger partial charge is 0.476 e. The van der Waals surface area contributed by atoms with Crippen molar-refractivity contribution in [2.75, 3.05) is 5.32 Å². The summed E-state index contributed by atoms with van der Waals surface area (Å²) in [5, 5.41) is 28.0. The molecule has 1 aromatic heterocycles. The molecular weight excluding hydrogens is 328 g/mol. The predicted molar refractivity (Wildman–Crippen MR) is 87.8 cm³/mol. The minimum absolute atomic E-state index is 0.208. The van der Waals surface area contributed by atoms with Gasteiger partial charge in [0.15, 0.2) is 5.69 Å². The van der Waals surface area contributed by atoms with E-state index in [1.54, 1.807) is 13.0 Å². The third kappa shape index (κ3) is 3.65. The Balaban J connectivity index is 2.40. The lowest BCUT2D eigenvalue weighted by atomic mass is 10.1. The van der Waals surface area contributed by atoms with Crippen molar-refractivity contribution in [3.63, 3.8) is 0 Å². The fraction of sp³-hybridized carbons (Fsp3) is 0.312. The van der Waals surface area contributed by atoms with Gasteiger partial charge in [-0.1, -0.05) is 24.3 Å². The number of carboxylic acids is 2. The fourth-order valence-electron chi connectivity index (χ4n) is 2.41. The van der Waals surface area contributed by atoms with Gasteiger partial charge in [0.2, 0.25) is 11.6 Å². The summed E-state index contributed by atoms with van der Waals surface area (Å²) in [6.07, 6.45) is 0.208. The molecule has 0 saturated carbocycles. The Labute approximate surface area is 143 Å². The summed E-state index contributed by atoms with van der Waals surface area (Å²) in [7, 11) is 0. The summed E-state index contributed by atoms with van der Waals surface area (Å²) in [5.41, 5.74) is 1.06. The Morgan fingerprint density at radius 1 is 1.20 bits per heavy atom. The van der Waals surface area contributed by atoms with Crippen LogP contribution in [-0.2, 0) is 4.79 Å². The van der Waals surface area contributed by atoms with E-state index in [0.29, 0.717) is 5.69 Å². The number of anilines is 1. The number of nitrogens with zero attached hydrogens (tertiary/aromatic N) is 3. The van der Waals surface area contributed by atoms with Crippen LogP contribution in [0.15, 0.2) is 18.2 Å². The average Bonchev–Trinajstić information content (AvgIpc) is 2.97. The molecule has 1 heterocycles. The molecule has 0 aliphatic rings. The number of aryl methyl sites for hydroxylation is 2. The third-order valence-corrected chi connectivity index (χ3v) is 3.74. The molecule has 0 bridgehead atoms. The van der Waals surface area contributed by atoms with Crippen molar-refractivity contribution in [1.29, 1.82) is 0 Å². The number of aromatic carboxylic acids is 2. The van der Waals surface area contributed by atoms with E-state index in [-0.39, 0.29) is 6.42 Å². The first-order valence-corrected chi connectivity index (χ1v) is 7.56. The van der Waals surface area contributed by atoms with Crippen molar-refractivity contribution in [1.82, 2.24) is 15.0 Å². The first-order valence-electron chi connectivity index (χ1n) is 7.56. The molecule has 0 radical (unpaired) electrons. The van der Waals surface area contributed by atoms with E-state index in [9.17, 15) is 19.5 Å². The molecular formula is C16H18N4O5. The van der Waals surface area contributed by atoms with E-state index < -0.39 is 35.3 Å². The maximum absolute atomic E-state index is 12.6. The monoisotopic (exact) mass is 346 g/mol. The van der Waals surface area contributed by atoms with Gasteiger partial charge >= 0.3 is 11.9 Å². The summed E-state index contributed by atoms with van der Waals surface area (Å²) < 4.78 is 0.840. The highest BCUT2D eigenvalue weighted by Gasteiger charge is 2.31. The zero-order chi connectivity index (χ0) is 18.7. The van der Waals surface area contributed by atoms with Crippen LogP contribution in [0, 0.1) is 13.8 Å². The molecule has 2 rings (SSSR count). The van der Waals surface area contributed by atoms with E-state index in [2.05, 4.69) is 15.6 Å². The van der Waals surface area contributed by atoms with Crippen LogP contribution in [0.2, 0.25) is 0 Å². The first-order chi connectivity index (χ1) is 11.8. The maximum Gasteiger partial charge on any atom is 0.359 e. The zero-order valence-corrected chi connectivity index (χ0v) is 14.0. The van der Waals surface area contributed by atoms with Gasteiger partial charge in [-0.15, -0.1) is 5.10 Å². The van der Waals surface area contributed by atoms with Gasteiger partial charge in [0.25, 0.3) is 0 Å². The summed E-state index contributed by atoms with van der Waals surface area (Å²) in [4.78, 5) is 35.1. The highest BCUT2D eigenvalue weighted by molar-refractivity contribution is 6.00. The number of aromatic nitrogens is 3. The van der Waals surface area contributed by atoms with Crippen LogP contribution < -0.4 is 5.32 Å². The summed E-state index contributed by atoms with van der Waals surface area (Å²) in [6.45, 7) is 5.38. The third-order valence-electron chi connectivity index (χ3n) is 3.74. The van der Waals surface area contributed by atoms with Crippen molar-refractivity contribution in [3.05, 3.63) is 40.7 Å². The lowest BCUT2D eigenvalue weighted by molar-refractivity contribution is -0.119. The lowest BCUT2D eigenvalue weighted by Gasteiger charge is -2.17. The second-order valence-electron chi connectivity index (χ2n) is 5.57. The van der Waals surface area contributed by atoms with Crippen molar-refractivity contribution in [3.8, 4) is 0 Å². The predicted octanol–water partition coefficient (Wildman–Crippen LogP) is 1.88. The van der Waals surface area contributed by atoms with E-state index in [4.69, 9.17) is 5.11 Å². The van der Waals surface area contributed by atoms with E-state index >= 15 is 0 Å². The standard InChI is InChI=1S/C16H18N4O5/c1-4-11(14(21)17-10-7-8(2)5-6-9(10)3)20-13(16(24)25)12(15(22)23)18-19-20/h5-7,11H,4H2,1-3H3,(H,17,21)(H,22,23)(H,24,25)/t11-/m1/s1. The first kappa shape index (κ1) is 18.1. The zero-order valence-electron chi connectivity index (χ0n) is 14.0. The molecule has 0 spiro atoms. The quantitative estimate of drug-likeness (QED) is 0.727. The number of carbonyl (C=O) groups excluding carboxylic acids is 1. The number of hydrogen-bond donors (Lipinski definition) is 3. The molecule has 0 unspecified atom stereocenters. The molecule has 3 N–H and O–H groups in total. The summed E-state index contributed by atoms with van der Waals surface area (Å²) >= 11 is 0. The normalized spacial score (nSPS) is 11.8. The second-order valence-corrected chi connectivity index (χ2v) is 5.57. The average molecular weight is 346 g/mol. The number of amides is 1. The van der Waals surface area contributed by atoms with Crippen LogP contribution in [0.3, 0.4) is 0 Å². The van der Waals surface area contributed by atoms with Gasteiger partial charge in [-0.2, -0.15) is 0 Å². The van der Waals surface area contributed by atoms with E-state index in [1.165, 1.54) is 0 Å². The van der Waals surface area contributed by atoms with Gasteiger partial charge in [0, 0.05) is 5.69 Å². The Kier molecular flexibility index (Phi) is 5.16. The summed E-state index contributed by atoms with van der Waals surface area (Å²) in [6, 6.07) is 4.54. The van der Waals surface area contributed by atoms with E-state index in [0.717, 1.165) is 15.8 Å². The molecule has 132 valence electrons. The van der Waals surface area contributed by atoms with Crippen molar-refractivity contribution < 1.29 is 24.6 Å². The Morgan fingerprint density at radius 2 is 1.88 bits per heavy atom. The van der Waals surface area contributed by atoms with Crippen molar-refractivity contribution in [2.24, 2.45) is 0 Å². The molecule has 9 heteroatoms. The van der Waals surface area contributed by atoms with Crippen LogP contribution in [0.5, 0.6) is 0 Å². The topological polar surface area (TPSA) is 134 Å². The number of carbonyl (C=O) groups is 3. The smallest absolute Gasteiger partial charge is 0.359 e. The molecule has 9 nitrogen and oxygen atoms in total. The molecule has 0 fully saturated rings. The van der Waals surface area contributed by atoms with Crippen LogP contribution in [0.1, 0.15) is 51.5 Å². The van der Waals surface area contributed by atoms with Gasteiger partial charge in [-0.3, -0.25) is 4.79 Å². The highest BCUT2D eigenvalue weighted by atomic mass is 16.4. The van der Waals surface area contributed by atoms with Crippen LogP contribution >= 0.6 is 0 Å². The van der Waals surface area contributed by atoms with Crippen molar-refractivity contribution >= 4 is 23.5 Å². The SMILES string of the molecule is CC[C@H](C(=O)Nc1cc(C)ccc1C)n1nnc(C(=O)O)c1C(=O)O. The lowest BCUT2D eigenvalue weighted by Crippen LogP contribution is -2.29. The molecule has 25 heavy (non-hydrogen) atoms. The number of hydrogen-bond acceptors (Lipinski definition) is 5. The van der Waals surface area contributed by atoms with Crippen molar-refractivity contribution in [2.45, 2.75) is 33.2 Å². The van der Waals surface area contributed by atoms with Crippen LogP contribution in [0.25, 0.3) is 0 Å². The Bertz CT molecular complexity index is 843.